The second-order valence-corrected chi connectivity index (χ2v) is 8.87. The third kappa shape index (κ3) is 5.67. The molecule has 1 aliphatic rings. The van der Waals surface area contributed by atoms with Crippen molar-refractivity contribution in [3.05, 3.63) is 101 Å². The van der Waals surface area contributed by atoms with Crippen LogP contribution in [-0.4, -0.2) is 49.1 Å². The smallest absolute Gasteiger partial charge is 0.295 e. The van der Waals surface area contributed by atoms with Crippen LogP contribution in [0.3, 0.4) is 0 Å². The molecule has 0 bridgehead atoms. The highest BCUT2D eigenvalue weighted by molar-refractivity contribution is 6.46. The van der Waals surface area contributed by atoms with Gasteiger partial charge < -0.3 is 24.2 Å². The van der Waals surface area contributed by atoms with E-state index >= 15 is 0 Å². The summed E-state index contributed by atoms with van der Waals surface area (Å²) in [5.74, 6) is -0.327. The Morgan fingerprint density at radius 3 is 2.46 bits per heavy atom. The van der Waals surface area contributed by atoms with Gasteiger partial charge in [-0.3, -0.25) is 9.59 Å². The lowest BCUT2D eigenvalue weighted by Gasteiger charge is -2.25. The number of ether oxygens (including phenoxy) is 3. The van der Waals surface area contributed by atoms with Crippen LogP contribution in [0.1, 0.15) is 34.7 Å². The molecule has 1 atom stereocenters. The predicted molar refractivity (Wildman–Crippen MR) is 140 cm³/mol. The summed E-state index contributed by atoms with van der Waals surface area (Å²) < 4.78 is 16.5. The van der Waals surface area contributed by atoms with Crippen LogP contribution in [0.4, 0.5) is 0 Å². The Bertz CT molecular complexity index is 1300. The van der Waals surface area contributed by atoms with E-state index in [0.29, 0.717) is 48.8 Å². The van der Waals surface area contributed by atoms with E-state index in [0.717, 1.165) is 11.1 Å². The minimum absolute atomic E-state index is 0.0483. The van der Waals surface area contributed by atoms with Crippen molar-refractivity contribution in [1.29, 1.82) is 0 Å². The van der Waals surface area contributed by atoms with Crippen molar-refractivity contribution in [2.75, 3.05) is 27.4 Å². The number of aryl methyl sites for hydroxylation is 1. The van der Waals surface area contributed by atoms with E-state index in [1.54, 1.807) is 32.4 Å². The van der Waals surface area contributed by atoms with E-state index in [4.69, 9.17) is 14.2 Å². The van der Waals surface area contributed by atoms with E-state index in [1.807, 2.05) is 61.5 Å². The van der Waals surface area contributed by atoms with Crippen molar-refractivity contribution in [3.63, 3.8) is 0 Å². The van der Waals surface area contributed by atoms with E-state index in [2.05, 4.69) is 0 Å². The lowest BCUT2D eigenvalue weighted by Crippen LogP contribution is -2.31. The zero-order valence-corrected chi connectivity index (χ0v) is 21.3. The monoisotopic (exact) mass is 501 g/mol. The molecule has 192 valence electrons. The van der Waals surface area contributed by atoms with Crippen molar-refractivity contribution in [2.24, 2.45) is 0 Å². The zero-order chi connectivity index (χ0) is 26.4. The Morgan fingerprint density at radius 2 is 1.76 bits per heavy atom. The van der Waals surface area contributed by atoms with Gasteiger partial charge >= 0.3 is 0 Å². The van der Waals surface area contributed by atoms with Gasteiger partial charge in [-0.25, -0.2) is 0 Å². The number of benzene rings is 3. The van der Waals surface area contributed by atoms with Crippen LogP contribution in [0.25, 0.3) is 5.76 Å². The molecule has 1 fully saturated rings. The highest BCUT2D eigenvalue weighted by Crippen LogP contribution is 2.40. The SMILES string of the molecule is COCCCN1C(=O)C(=O)/C(=C(/O)c2ccc(OC)c(C)c2)C1c1cccc(OCc2ccccc2)c1. The van der Waals surface area contributed by atoms with E-state index < -0.39 is 17.7 Å². The minimum Gasteiger partial charge on any atom is -0.507 e. The molecule has 7 nitrogen and oxygen atoms in total. The largest absolute Gasteiger partial charge is 0.507 e. The van der Waals surface area contributed by atoms with Gasteiger partial charge in [-0.15, -0.1) is 0 Å². The number of carbonyl (C=O) groups is 2. The third-order valence-corrected chi connectivity index (χ3v) is 6.38. The molecule has 1 aliphatic heterocycles. The maximum Gasteiger partial charge on any atom is 0.295 e. The molecule has 1 amide bonds. The summed E-state index contributed by atoms with van der Waals surface area (Å²) in [6, 6.07) is 21.5. The number of Topliss-reactive ketones (excluding diaryl/α,β-unsaturated/α-hetero) is 1. The lowest BCUT2D eigenvalue weighted by molar-refractivity contribution is -0.140. The van der Waals surface area contributed by atoms with Gasteiger partial charge in [-0.05, 0) is 60.4 Å². The van der Waals surface area contributed by atoms with Gasteiger partial charge in [0.25, 0.3) is 11.7 Å². The normalized spacial score (nSPS) is 16.7. The van der Waals surface area contributed by atoms with Crippen molar-refractivity contribution in [3.8, 4) is 11.5 Å². The van der Waals surface area contributed by atoms with Crippen LogP contribution < -0.4 is 9.47 Å². The number of hydrogen-bond acceptors (Lipinski definition) is 6. The van der Waals surface area contributed by atoms with Gasteiger partial charge in [0.15, 0.2) is 0 Å². The molecule has 3 aromatic carbocycles. The molecular weight excluding hydrogens is 470 g/mol. The van der Waals surface area contributed by atoms with E-state index in [9.17, 15) is 14.7 Å². The number of nitrogens with zero attached hydrogens (tertiary/aromatic N) is 1. The van der Waals surface area contributed by atoms with Crippen LogP contribution in [0, 0.1) is 6.92 Å². The maximum atomic E-state index is 13.3. The Morgan fingerprint density at radius 1 is 0.973 bits per heavy atom. The molecule has 1 unspecified atom stereocenters. The first kappa shape index (κ1) is 26.0. The first-order valence-electron chi connectivity index (χ1n) is 12.1. The number of likely N-dealkylation sites (tertiary alicyclic amines) is 1. The number of ketones is 1. The average Bonchev–Trinajstić information content (AvgIpc) is 3.17. The molecule has 1 saturated heterocycles. The highest BCUT2D eigenvalue weighted by Gasteiger charge is 2.45. The van der Waals surface area contributed by atoms with Gasteiger partial charge in [0.1, 0.15) is 23.9 Å². The van der Waals surface area contributed by atoms with Crippen LogP contribution in [0.5, 0.6) is 11.5 Å². The van der Waals surface area contributed by atoms with Crippen molar-refractivity contribution in [2.45, 2.75) is 26.0 Å². The quantitative estimate of drug-likeness (QED) is 0.181. The van der Waals surface area contributed by atoms with E-state index in [-0.39, 0.29) is 11.3 Å². The standard InChI is InChI=1S/C30H31NO6/c1-20-17-23(13-14-25(20)36-3)28(32)26-27(31(15-8-16-35-2)30(34)29(26)33)22-11-7-12-24(18-22)37-19-21-9-5-4-6-10-21/h4-7,9-14,17-18,27,32H,8,15-16,19H2,1-3H3/b28-26+. The molecule has 7 heteroatoms. The van der Waals surface area contributed by atoms with Gasteiger partial charge in [0, 0.05) is 25.8 Å². The summed E-state index contributed by atoms with van der Waals surface area (Å²) in [5, 5.41) is 11.3. The molecule has 1 heterocycles. The molecule has 0 spiro atoms. The zero-order valence-electron chi connectivity index (χ0n) is 21.3. The second-order valence-electron chi connectivity index (χ2n) is 8.87. The van der Waals surface area contributed by atoms with Crippen LogP contribution in [0.2, 0.25) is 0 Å². The van der Waals surface area contributed by atoms with Crippen molar-refractivity contribution in [1.82, 2.24) is 4.90 Å². The first-order chi connectivity index (χ1) is 17.9. The number of carbonyl (C=O) groups excluding carboxylic acids is 2. The Balaban J connectivity index is 1.74. The fourth-order valence-corrected chi connectivity index (χ4v) is 4.53. The third-order valence-electron chi connectivity index (χ3n) is 6.38. The maximum absolute atomic E-state index is 13.3. The molecule has 0 aliphatic carbocycles. The van der Waals surface area contributed by atoms with Crippen LogP contribution >= 0.6 is 0 Å². The molecule has 4 rings (SSSR count). The summed E-state index contributed by atoms with van der Waals surface area (Å²) in [5.41, 5.74) is 2.98. The Kier molecular flexibility index (Phi) is 8.25. The van der Waals surface area contributed by atoms with Gasteiger partial charge in [0.05, 0.1) is 18.7 Å². The first-order valence-corrected chi connectivity index (χ1v) is 12.1. The van der Waals surface area contributed by atoms with Crippen molar-refractivity contribution >= 4 is 17.4 Å². The number of methoxy groups -OCH3 is 2. The predicted octanol–water partition coefficient (Wildman–Crippen LogP) is 5.04. The molecule has 1 N–H and O–H groups in total. The topological polar surface area (TPSA) is 85.3 Å². The lowest BCUT2D eigenvalue weighted by atomic mass is 9.94. The molecule has 3 aromatic rings. The fraction of sp³-hybridized carbons (Fsp3) is 0.267. The average molecular weight is 502 g/mol. The van der Waals surface area contributed by atoms with Gasteiger partial charge in [-0.2, -0.15) is 0 Å². The summed E-state index contributed by atoms with van der Waals surface area (Å²) in [7, 11) is 3.16. The Hall–Kier alpha value is -4.10. The number of hydrogen-bond donors (Lipinski definition) is 1. The Labute approximate surface area is 216 Å². The molecule has 0 saturated carbocycles. The molecular formula is C30H31NO6. The van der Waals surface area contributed by atoms with E-state index in [1.165, 1.54) is 4.90 Å². The molecule has 37 heavy (non-hydrogen) atoms. The van der Waals surface area contributed by atoms with Crippen LogP contribution in [-0.2, 0) is 20.9 Å². The van der Waals surface area contributed by atoms with Crippen LogP contribution in [0.15, 0.2) is 78.4 Å². The molecule has 0 radical (unpaired) electrons. The summed E-state index contributed by atoms with van der Waals surface area (Å²) in [6.45, 7) is 2.97. The summed E-state index contributed by atoms with van der Waals surface area (Å²) in [6.07, 6.45) is 0.548. The molecule has 0 aromatic heterocycles. The fourth-order valence-electron chi connectivity index (χ4n) is 4.53. The van der Waals surface area contributed by atoms with Crippen molar-refractivity contribution < 1.29 is 28.9 Å². The summed E-state index contributed by atoms with van der Waals surface area (Å²) in [4.78, 5) is 27.9. The number of amides is 1. The second kappa shape index (κ2) is 11.8. The highest BCUT2D eigenvalue weighted by atomic mass is 16.5. The number of aliphatic hydroxyl groups is 1. The minimum atomic E-state index is -0.764. The van der Waals surface area contributed by atoms with Gasteiger partial charge in [0.2, 0.25) is 0 Å². The summed E-state index contributed by atoms with van der Waals surface area (Å²) >= 11 is 0. The number of aliphatic hydroxyl groups excluding tert-OH is 1. The van der Waals surface area contributed by atoms with Gasteiger partial charge in [-0.1, -0.05) is 42.5 Å². The number of rotatable bonds is 10.